The fourth-order valence-corrected chi connectivity index (χ4v) is 3.27. The highest BCUT2D eigenvalue weighted by Crippen LogP contribution is 2.27. The van der Waals surface area contributed by atoms with Crippen LogP contribution >= 0.6 is 11.8 Å². The molecular formula is C16H25NS. The van der Waals surface area contributed by atoms with Gasteiger partial charge in [0.05, 0.1) is 0 Å². The summed E-state index contributed by atoms with van der Waals surface area (Å²) in [5.74, 6) is 1.98. The van der Waals surface area contributed by atoms with Crippen LogP contribution in [0.15, 0.2) is 23.1 Å². The molecule has 100 valence electrons. The smallest absolute Gasteiger partial charge is 0.0106 e. The molecule has 1 aromatic carbocycles. The molecule has 1 N–H and O–H groups in total. The summed E-state index contributed by atoms with van der Waals surface area (Å²) in [5, 5.41) is 3.52. The van der Waals surface area contributed by atoms with E-state index in [-0.39, 0.29) is 0 Å². The number of benzene rings is 1. The van der Waals surface area contributed by atoms with Crippen LogP contribution in [0.1, 0.15) is 37.8 Å². The highest BCUT2D eigenvalue weighted by atomic mass is 32.2. The Balaban J connectivity index is 1.65. The molecule has 18 heavy (non-hydrogen) atoms. The van der Waals surface area contributed by atoms with Crippen molar-refractivity contribution in [3.8, 4) is 0 Å². The number of nitrogens with one attached hydrogen (secondary N) is 1. The molecule has 0 fully saturated rings. The van der Waals surface area contributed by atoms with Crippen molar-refractivity contribution in [2.75, 3.05) is 18.8 Å². The predicted octanol–water partition coefficient (Wildman–Crippen LogP) is 3.90. The van der Waals surface area contributed by atoms with Gasteiger partial charge >= 0.3 is 0 Å². The van der Waals surface area contributed by atoms with E-state index in [0.29, 0.717) is 0 Å². The standard InChI is InChI=1S/C16H25NS/c1-13(2)8-9-17-10-11-18-16-7-6-14-4-3-5-15(14)12-16/h6-7,12-13,17H,3-5,8-11H2,1-2H3. The Bertz CT molecular complexity index is 373. The van der Waals surface area contributed by atoms with Crippen LogP contribution in [0.3, 0.4) is 0 Å². The molecule has 0 spiro atoms. The molecule has 0 aliphatic heterocycles. The van der Waals surface area contributed by atoms with Crippen LogP contribution in [0.25, 0.3) is 0 Å². The van der Waals surface area contributed by atoms with Crippen LogP contribution < -0.4 is 5.32 Å². The summed E-state index contributed by atoms with van der Waals surface area (Å²) < 4.78 is 0. The van der Waals surface area contributed by atoms with Gasteiger partial charge < -0.3 is 5.32 Å². The molecule has 0 heterocycles. The van der Waals surface area contributed by atoms with Gasteiger partial charge in [0.2, 0.25) is 0 Å². The van der Waals surface area contributed by atoms with E-state index >= 15 is 0 Å². The minimum Gasteiger partial charge on any atom is -0.316 e. The van der Waals surface area contributed by atoms with E-state index in [9.17, 15) is 0 Å². The number of thioether (sulfide) groups is 1. The summed E-state index contributed by atoms with van der Waals surface area (Å²) in [6, 6.07) is 7.03. The maximum Gasteiger partial charge on any atom is 0.0106 e. The van der Waals surface area contributed by atoms with Gasteiger partial charge in [0, 0.05) is 17.2 Å². The van der Waals surface area contributed by atoms with E-state index in [4.69, 9.17) is 0 Å². The lowest BCUT2D eigenvalue weighted by atomic mass is 10.1. The van der Waals surface area contributed by atoms with E-state index in [2.05, 4.69) is 37.4 Å². The normalized spacial score (nSPS) is 14.2. The summed E-state index contributed by atoms with van der Waals surface area (Å²) in [7, 11) is 0. The Kier molecular flexibility index (Phi) is 5.58. The van der Waals surface area contributed by atoms with Crippen LogP contribution in [0, 0.1) is 5.92 Å². The molecule has 1 aromatic rings. The summed E-state index contributed by atoms with van der Waals surface area (Å²) >= 11 is 1.98. The molecule has 2 heteroatoms. The molecule has 0 unspecified atom stereocenters. The quantitative estimate of drug-likeness (QED) is 0.591. The number of hydrogen-bond acceptors (Lipinski definition) is 2. The van der Waals surface area contributed by atoms with Crippen molar-refractivity contribution < 1.29 is 0 Å². The van der Waals surface area contributed by atoms with Gasteiger partial charge in [-0.15, -0.1) is 11.8 Å². The molecule has 1 nitrogen and oxygen atoms in total. The molecule has 0 amide bonds. The van der Waals surface area contributed by atoms with Crippen LogP contribution in [0.2, 0.25) is 0 Å². The number of hydrogen-bond donors (Lipinski definition) is 1. The van der Waals surface area contributed by atoms with Gasteiger partial charge in [-0.1, -0.05) is 19.9 Å². The van der Waals surface area contributed by atoms with E-state index in [1.807, 2.05) is 11.8 Å². The molecule has 0 radical (unpaired) electrons. The third-order valence-corrected chi connectivity index (χ3v) is 4.51. The van der Waals surface area contributed by atoms with Crippen molar-refractivity contribution in [1.29, 1.82) is 0 Å². The highest BCUT2D eigenvalue weighted by Gasteiger charge is 2.10. The lowest BCUT2D eigenvalue weighted by Crippen LogP contribution is -2.19. The molecule has 0 aromatic heterocycles. The molecular weight excluding hydrogens is 238 g/mol. The molecule has 2 rings (SSSR count). The molecule has 0 saturated carbocycles. The number of fused-ring (bicyclic) bond motifs is 1. The van der Waals surface area contributed by atoms with E-state index < -0.39 is 0 Å². The van der Waals surface area contributed by atoms with Crippen molar-refractivity contribution in [1.82, 2.24) is 5.32 Å². The van der Waals surface area contributed by atoms with Gasteiger partial charge in [-0.3, -0.25) is 0 Å². The highest BCUT2D eigenvalue weighted by molar-refractivity contribution is 7.99. The zero-order valence-corrected chi connectivity index (χ0v) is 12.5. The van der Waals surface area contributed by atoms with Crippen molar-refractivity contribution >= 4 is 11.8 Å². The molecule has 0 saturated heterocycles. The second-order valence-corrected chi connectivity index (χ2v) is 6.73. The first-order valence-electron chi connectivity index (χ1n) is 7.21. The van der Waals surface area contributed by atoms with Gasteiger partial charge in [-0.05, 0) is 61.4 Å². The van der Waals surface area contributed by atoms with Gasteiger partial charge in [-0.2, -0.15) is 0 Å². The topological polar surface area (TPSA) is 12.0 Å². The monoisotopic (exact) mass is 263 g/mol. The van der Waals surface area contributed by atoms with Crippen LogP contribution in [-0.2, 0) is 12.8 Å². The Hall–Kier alpha value is -0.470. The second-order valence-electron chi connectivity index (χ2n) is 5.57. The zero-order valence-electron chi connectivity index (χ0n) is 11.7. The summed E-state index contributed by atoms with van der Waals surface area (Å²) in [6.45, 7) is 6.83. The first-order chi connectivity index (χ1) is 8.75. The largest absolute Gasteiger partial charge is 0.316 e. The van der Waals surface area contributed by atoms with Gasteiger partial charge in [0.1, 0.15) is 0 Å². The Morgan fingerprint density at radius 2 is 2.00 bits per heavy atom. The van der Waals surface area contributed by atoms with Crippen molar-refractivity contribution in [3.05, 3.63) is 29.3 Å². The minimum absolute atomic E-state index is 0.807. The third kappa shape index (κ3) is 4.33. The molecule has 1 aliphatic carbocycles. The van der Waals surface area contributed by atoms with Gasteiger partial charge in [0.25, 0.3) is 0 Å². The molecule has 0 atom stereocenters. The van der Waals surface area contributed by atoms with Crippen molar-refractivity contribution in [3.63, 3.8) is 0 Å². The van der Waals surface area contributed by atoms with Crippen LogP contribution in [0.5, 0.6) is 0 Å². The third-order valence-electron chi connectivity index (χ3n) is 3.52. The summed E-state index contributed by atoms with van der Waals surface area (Å²) in [5.41, 5.74) is 3.17. The van der Waals surface area contributed by atoms with Crippen molar-refractivity contribution in [2.24, 2.45) is 5.92 Å². The predicted molar refractivity (Wildman–Crippen MR) is 81.5 cm³/mol. The molecule has 1 aliphatic rings. The number of aryl methyl sites for hydroxylation is 2. The summed E-state index contributed by atoms with van der Waals surface area (Å²) in [6.07, 6.45) is 5.21. The van der Waals surface area contributed by atoms with Crippen LogP contribution in [0.4, 0.5) is 0 Å². The van der Waals surface area contributed by atoms with E-state index in [1.165, 1.54) is 36.3 Å². The average molecular weight is 263 g/mol. The lowest BCUT2D eigenvalue weighted by molar-refractivity contribution is 0.547. The zero-order chi connectivity index (χ0) is 12.8. The number of rotatable bonds is 7. The minimum atomic E-state index is 0.807. The maximum absolute atomic E-state index is 3.52. The summed E-state index contributed by atoms with van der Waals surface area (Å²) in [4.78, 5) is 1.45. The SMILES string of the molecule is CC(C)CCNCCSc1ccc2c(c1)CCC2. The fourth-order valence-electron chi connectivity index (χ4n) is 2.39. The van der Waals surface area contributed by atoms with E-state index in [0.717, 1.165) is 19.0 Å². The first kappa shape index (κ1) is 14.0. The average Bonchev–Trinajstić information content (AvgIpc) is 2.80. The van der Waals surface area contributed by atoms with E-state index in [1.54, 1.807) is 11.1 Å². The fraction of sp³-hybridized carbons (Fsp3) is 0.625. The van der Waals surface area contributed by atoms with Crippen molar-refractivity contribution in [2.45, 2.75) is 44.4 Å². The lowest BCUT2D eigenvalue weighted by Gasteiger charge is -2.07. The second kappa shape index (κ2) is 7.20. The Labute approximate surface area is 116 Å². The van der Waals surface area contributed by atoms with Gasteiger partial charge in [-0.25, -0.2) is 0 Å². The van der Waals surface area contributed by atoms with Crippen LogP contribution in [-0.4, -0.2) is 18.8 Å². The van der Waals surface area contributed by atoms with Gasteiger partial charge in [0.15, 0.2) is 0 Å². The Morgan fingerprint density at radius 3 is 2.83 bits per heavy atom. The first-order valence-corrected chi connectivity index (χ1v) is 8.19. The molecule has 0 bridgehead atoms. The Morgan fingerprint density at radius 1 is 1.17 bits per heavy atom. The maximum atomic E-state index is 3.52.